The van der Waals surface area contributed by atoms with Crippen molar-refractivity contribution in [2.75, 3.05) is 13.1 Å². The van der Waals surface area contributed by atoms with Crippen molar-refractivity contribution in [3.05, 3.63) is 18.0 Å². The van der Waals surface area contributed by atoms with Gasteiger partial charge < -0.3 is 9.88 Å². The van der Waals surface area contributed by atoms with Gasteiger partial charge in [-0.2, -0.15) is 0 Å². The van der Waals surface area contributed by atoms with Gasteiger partial charge in [-0.25, -0.2) is 13.1 Å². The van der Waals surface area contributed by atoms with Gasteiger partial charge in [-0.3, -0.25) is 0 Å². The van der Waals surface area contributed by atoms with E-state index in [0.717, 1.165) is 18.7 Å². The molecule has 0 radical (unpaired) electrons. The molecule has 0 amide bonds. The molecular weight excluding hydrogens is 238 g/mol. The number of aromatic nitrogens is 1. The van der Waals surface area contributed by atoms with Gasteiger partial charge in [0.15, 0.2) is 0 Å². The van der Waals surface area contributed by atoms with E-state index < -0.39 is 10.0 Å². The van der Waals surface area contributed by atoms with E-state index in [2.05, 4.69) is 10.0 Å². The summed E-state index contributed by atoms with van der Waals surface area (Å²) < 4.78 is 28.2. The molecule has 0 aliphatic rings. The third-order valence-electron chi connectivity index (χ3n) is 2.49. The topological polar surface area (TPSA) is 63.1 Å². The lowest BCUT2D eigenvalue weighted by Gasteiger charge is -2.02. The van der Waals surface area contributed by atoms with E-state index in [9.17, 15) is 8.42 Å². The second-order valence-electron chi connectivity index (χ2n) is 3.96. The van der Waals surface area contributed by atoms with Crippen LogP contribution in [0.25, 0.3) is 0 Å². The van der Waals surface area contributed by atoms with Gasteiger partial charge in [-0.1, -0.05) is 13.8 Å². The lowest BCUT2D eigenvalue weighted by molar-refractivity contribution is 0.580. The van der Waals surface area contributed by atoms with Gasteiger partial charge >= 0.3 is 0 Å². The molecule has 0 aromatic carbocycles. The van der Waals surface area contributed by atoms with Crippen molar-refractivity contribution < 1.29 is 8.42 Å². The van der Waals surface area contributed by atoms with Crippen molar-refractivity contribution >= 4 is 10.0 Å². The summed E-state index contributed by atoms with van der Waals surface area (Å²) in [5.41, 5.74) is 0.962. The smallest absolute Gasteiger partial charge is 0.242 e. The van der Waals surface area contributed by atoms with Crippen molar-refractivity contribution in [3.63, 3.8) is 0 Å². The van der Waals surface area contributed by atoms with E-state index in [1.165, 1.54) is 0 Å². The SMILES string of the molecule is CCCNS(=O)(=O)c1cc(CNCC)n(C)c1. The summed E-state index contributed by atoms with van der Waals surface area (Å²) in [4.78, 5) is 0.335. The van der Waals surface area contributed by atoms with E-state index >= 15 is 0 Å². The van der Waals surface area contributed by atoms with Crippen molar-refractivity contribution in [1.82, 2.24) is 14.6 Å². The Hall–Kier alpha value is -0.850. The number of nitrogens with one attached hydrogen (secondary N) is 2. The zero-order valence-electron chi connectivity index (χ0n) is 10.7. The Balaban J connectivity index is 2.85. The van der Waals surface area contributed by atoms with Crippen molar-refractivity contribution in [1.29, 1.82) is 0 Å². The van der Waals surface area contributed by atoms with Gasteiger partial charge in [0, 0.05) is 32.0 Å². The molecule has 1 rings (SSSR count). The van der Waals surface area contributed by atoms with Gasteiger partial charge in [-0.05, 0) is 19.0 Å². The van der Waals surface area contributed by atoms with Crippen LogP contribution in [0.3, 0.4) is 0 Å². The first-order valence-corrected chi connectivity index (χ1v) is 7.35. The van der Waals surface area contributed by atoms with Crippen molar-refractivity contribution in [2.24, 2.45) is 7.05 Å². The van der Waals surface area contributed by atoms with Crippen LogP contribution in [-0.4, -0.2) is 26.1 Å². The lowest BCUT2D eigenvalue weighted by atomic mass is 10.4. The molecule has 0 fully saturated rings. The minimum absolute atomic E-state index is 0.335. The number of nitrogens with zero attached hydrogens (tertiary/aromatic N) is 1. The van der Waals surface area contributed by atoms with E-state index in [0.29, 0.717) is 18.0 Å². The summed E-state index contributed by atoms with van der Waals surface area (Å²) in [5.74, 6) is 0. The second kappa shape index (κ2) is 6.18. The second-order valence-corrected chi connectivity index (χ2v) is 5.72. The Kier molecular flexibility index (Phi) is 5.17. The van der Waals surface area contributed by atoms with Gasteiger partial charge in [0.1, 0.15) is 0 Å². The van der Waals surface area contributed by atoms with Crippen LogP contribution in [0.4, 0.5) is 0 Å². The van der Waals surface area contributed by atoms with Crippen LogP contribution >= 0.6 is 0 Å². The van der Waals surface area contributed by atoms with E-state index in [1.807, 2.05) is 25.5 Å². The molecule has 98 valence electrons. The molecule has 6 heteroatoms. The van der Waals surface area contributed by atoms with Gasteiger partial charge in [0.25, 0.3) is 0 Å². The van der Waals surface area contributed by atoms with Crippen LogP contribution in [0.2, 0.25) is 0 Å². The van der Waals surface area contributed by atoms with E-state index in [1.54, 1.807) is 12.3 Å². The summed E-state index contributed by atoms with van der Waals surface area (Å²) in [6.07, 6.45) is 2.43. The van der Waals surface area contributed by atoms with Gasteiger partial charge in [0.2, 0.25) is 10.0 Å². The molecule has 1 aromatic rings. The fraction of sp³-hybridized carbons (Fsp3) is 0.636. The number of sulfonamides is 1. The highest BCUT2D eigenvalue weighted by Crippen LogP contribution is 2.13. The molecule has 0 aliphatic carbocycles. The largest absolute Gasteiger partial charge is 0.352 e. The molecule has 0 unspecified atom stereocenters. The number of hydrogen-bond acceptors (Lipinski definition) is 3. The zero-order chi connectivity index (χ0) is 12.9. The Bertz CT molecular complexity index is 451. The Labute approximate surface area is 103 Å². The number of aryl methyl sites for hydroxylation is 1. The number of hydrogen-bond donors (Lipinski definition) is 2. The van der Waals surface area contributed by atoms with Crippen LogP contribution in [0.15, 0.2) is 17.2 Å². The fourth-order valence-electron chi connectivity index (χ4n) is 1.47. The minimum Gasteiger partial charge on any atom is -0.352 e. The molecule has 0 bridgehead atoms. The maximum absolute atomic E-state index is 11.9. The van der Waals surface area contributed by atoms with Crippen LogP contribution in [0.5, 0.6) is 0 Å². The monoisotopic (exact) mass is 259 g/mol. The molecule has 0 spiro atoms. The predicted octanol–water partition coefficient (Wildman–Crippen LogP) is 0.823. The summed E-state index contributed by atoms with van der Waals surface area (Å²) in [7, 11) is -1.50. The Morgan fingerprint density at radius 1 is 1.35 bits per heavy atom. The maximum Gasteiger partial charge on any atom is 0.242 e. The average molecular weight is 259 g/mol. The molecule has 1 heterocycles. The highest BCUT2D eigenvalue weighted by atomic mass is 32.2. The molecule has 5 nitrogen and oxygen atoms in total. The van der Waals surface area contributed by atoms with E-state index in [-0.39, 0.29) is 0 Å². The van der Waals surface area contributed by atoms with Crippen LogP contribution in [0, 0.1) is 0 Å². The first kappa shape index (κ1) is 14.2. The molecule has 0 saturated heterocycles. The lowest BCUT2D eigenvalue weighted by Crippen LogP contribution is -2.24. The van der Waals surface area contributed by atoms with Crippen LogP contribution in [-0.2, 0) is 23.6 Å². The van der Waals surface area contributed by atoms with Gasteiger partial charge in [0.05, 0.1) is 4.90 Å². The summed E-state index contributed by atoms with van der Waals surface area (Å²) in [5, 5.41) is 3.18. The summed E-state index contributed by atoms with van der Waals surface area (Å²) >= 11 is 0. The molecule has 2 N–H and O–H groups in total. The average Bonchev–Trinajstić information content (AvgIpc) is 2.66. The third-order valence-corrected chi connectivity index (χ3v) is 3.92. The van der Waals surface area contributed by atoms with Crippen LogP contribution in [0.1, 0.15) is 26.0 Å². The fourth-order valence-corrected chi connectivity index (χ4v) is 2.70. The standard InChI is InChI=1S/C11H21N3O2S/c1-4-6-13-17(15,16)11-7-10(8-12-5-2)14(3)9-11/h7,9,12-13H,4-6,8H2,1-3H3. The molecule has 0 aliphatic heterocycles. The first-order chi connectivity index (χ1) is 8.01. The molecule has 17 heavy (non-hydrogen) atoms. The first-order valence-electron chi connectivity index (χ1n) is 5.87. The maximum atomic E-state index is 11.9. The quantitative estimate of drug-likeness (QED) is 0.762. The highest BCUT2D eigenvalue weighted by Gasteiger charge is 2.16. The molecule has 0 atom stereocenters. The summed E-state index contributed by atoms with van der Waals surface area (Å²) in [6, 6.07) is 1.71. The minimum atomic E-state index is -3.35. The van der Waals surface area contributed by atoms with Crippen LogP contribution < -0.4 is 10.0 Å². The molecular formula is C11H21N3O2S. The Morgan fingerprint density at radius 2 is 2.06 bits per heavy atom. The molecule has 1 aromatic heterocycles. The van der Waals surface area contributed by atoms with E-state index in [4.69, 9.17) is 0 Å². The normalized spacial score (nSPS) is 11.9. The zero-order valence-corrected chi connectivity index (χ0v) is 11.5. The third kappa shape index (κ3) is 3.83. The van der Waals surface area contributed by atoms with Gasteiger partial charge in [-0.15, -0.1) is 0 Å². The summed E-state index contributed by atoms with van der Waals surface area (Å²) in [6.45, 7) is 5.96. The highest BCUT2D eigenvalue weighted by molar-refractivity contribution is 7.89. The molecule has 0 saturated carbocycles. The van der Waals surface area contributed by atoms with Crippen molar-refractivity contribution in [2.45, 2.75) is 31.7 Å². The predicted molar refractivity (Wildman–Crippen MR) is 68.3 cm³/mol. The number of rotatable bonds is 7. The van der Waals surface area contributed by atoms with Crippen molar-refractivity contribution in [3.8, 4) is 0 Å². The Morgan fingerprint density at radius 3 is 2.65 bits per heavy atom.